The van der Waals surface area contributed by atoms with Crippen LogP contribution in [0.3, 0.4) is 0 Å². The molecule has 0 saturated carbocycles. The summed E-state index contributed by atoms with van der Waals surface area (Å²) in [6, 6.07) is 7.92. The summed E-state index contributed by atoms with van der Waals surface area (Å²) in [7, 11) is 0. The molecule has 3 rings (SSSR count). The van der Waals surface area contributed by atoms with Gasteiger partial charge in [0.1, 0.15) is 5.82 Å². The van der Waals surface area contributed by atoms with E-state index in [1.807, 2.05) is 24.3 Å². The molecule has 1 aromatic carbocycles. The minimum Gasteiger partial charge on any atom is -0.292 e. The Morgan fingerprint density at radius 1 is 1.40 bits per heavy atom. The van der Waals surface area contributed by atoms with Crippen molar-refractivity contribution in [3.63, 3.8) is 0 Å². The maximum Gasteiger partial charge on any atom is 0.248 e. The number of nitrogens with zero attached hydrogens (tertiary/aromatic N) is 3. The van der Waals surface area contributed by atoms with E-state index >= 15 is 0 Å². The topological polar surface area (TPSA) is 83.6 Å². The molecule has 0 aliphatic carbocycles. The summed E-state index contributed by atoms with van der Waals surface area (Å²) in [6.07, 6.45) is 0. The Labute approximate surface area is 123 Å². The van der Waals surface area contributed by atoms with Gasteiger partial charge in [0, 0.05) is 0 Å². The number of fused-ring (bicyclic) bond motifs is 1. The molecule has 3 aromatic rings. The summed E-state index contributed by atoms with van der Waals surface area (Å²) < 4.78 is 2.01. The Hall–Kier alpha value is -1.93. The molecule has 0 unspecified atom stereocenters. The summed E-state index contributed by atoms with van der Waals surface area (Å²) >= 11 is 2.99. The van der Waals surface area contributed by atoms with Gasteiger partial charge in [0.25, 0.3) is 0 Å². The fourth-order valence-corrected chi connectivity index (χ4v) is 3.47. The Kier molecular flexibility index (Phi) is 3.66. The minimum atomic E-state index is -0.145. The zero-order valence-electron chi connectivity index (χ0n) is 10.6. The highest BCUT2D eigenvalue weighted by Gasteiger charge is 2.09. The van der Waals surface area contributed by atoms with Gasteiger partial charge in [-0.05, 0) is 19.1 Å². The zero-order chi connectivity index (χ0) is 13.9. The number of hydrogen-bond donors (Lipinski definition) is 2. The van der Waals surface area contributed by atoms with Crippen molar-refractivity contribution in [2.75, 3.05) is 11.1 Å². The van der Waals surface area contributed by atoms with Crippen LogP contribution in [0.5, 0.6) is 0 Å². The van der Waals surface area contributed by atoms with Gasteiger partial charge >= 0.3 is 0 Å². The highest BCUT2D eigenvalue weighted by atomic mass is 32.2. The van der Waals surface area contributed by atoms with Crippen molar-refractivity contribution in [1.82, 2.24) is 20.2 Å². The zero-order valence-corrected chi connectivity index (χ0v) is 12.2. The molecule has 0 aliphatic rings. The van der Waals surface area contributed by atoms with Gasteiger partial charge in [-0.2, -0.15) is 4.98 Å². The summed E-state index contributed by atoms with van der Waals surface area (Å²) in [6.45, 7) is 1.78. The second-order valence-corrected chi connectivity index (χ2v) is 6.28. The highest BCUT2D eigenvalue weighted by Crippen LogP contribution is 2.29. The van der Waals surface area contributed by atoms with Crippen molar-refractivity contribution in [3.8, 4) is 0 Å². The maximum atomic E-state index is 11.8. The number of benzene rings is 1. The standard InChI is InChI=1S/C12H11N5OS2/c1-7-13-11(17-16-7)15-10(18)6-19-12-14-8-4-2-3-5-9(8)20-12/h2-5H,6H2,1H3,(H2,13,15,16,17,18). The molecule has 0 radical (unpaired) electrons. The Balaban J connectivity index is 1.59. The third kappa shape index (κ3) is 2.97. The summed E-state index contributed by atoms with van der Waals surface area (Å²) in [4.78, 5) is 20.2. The van der Waals surface area contributed by atoms with E-state index in [0.717, 1.165) is 14.6 Å². The fraction of sp³-hybridized carbons (Fsp3) is 0.167. The number of aromatic amines is 1. The number of hydrogen-bond acceptors (Lipinski definition) is 6. The number of amides is 1. The molecule has 2 heterocycles. The number of rotatable bonds is 4. The van der Waals surface area contributed by atoms with Crippen molar-refractivity contribution in [2.45, 2.75) is 11.3 Å². The van der Waals surface area contributed by atoms with E-state index in [1.165, 1.54) is 11.8 Å². The number of H-pyrrole nitrogens is 1. The number of thioether (sulfide) groups is 1. The lowest BCUT2D eigenvalue weighted by Crippen LogP contribution is -2.15. The minimum absolute atomic E-state index is 0.145. The SMILES string of the molecule is Cc1nc(NC(=O)CSc2nc3ccccc3s2)n[nH]1. The summed E-state index contributed by atoms with van der Waals surface area (Å²) in [5.41, 5.74) is 0.963. The molecule has 0 spiro atoms. The first-order chi connectivity index (χ1) is 9.70. The van der Waals surface area contributed by atoms with Gasteiger partial charge < -0.3 is 0 Å². The van der Waals surface area contributed by atoms with E-state index < -0.39 is 0 Å². The Bertz CT molecular complexity index is 718. The maximum absolute atomic E-state index is 11.8. The van der Waals surface area contributed by atoms with Gasteiger partial charge in [-0.1, -0.05) is 23.9 Å². The normalized spacial score (nSPS) is 10.8. The van der Waals surface area contributed by atoms with Crippen molar-refractivity contribution in [1.29, 1.82) is 0 Å². The lowest BCUT2D eigenvalue weighted by atomic mass is 10.3. The molecule has 2 N–H and O–H groups in total. The molecule has 0 bridgehead atoms. The number of nitrogens with one attached hydrogen (secondary N) is 2. The van der Waals surface area contributed by atoms with Crippen LogP contribution < -0.4 is 5.32 Å². The van der Waals surface area contributed by atoms with Gasteiger partial charge in [-0.25, -0.2) is 4.98 Å². The molecule has 1 amide bonds. The smallest absolute Gasteiger partial charge is 0.248 e. The van der Waals surface area contributed by atoms with Gasteiger partial charge in [0.05, 0.1) is 16.0 Å². The van der Waals surface area contributed by atoms with Crippen molar-refractivity contribution >= 4 is 45.2 Å². The van der Waals surface area contributed by atoms with Crippen LogP contribution in [0.4, 0.5) is 5.95 Å². The van der Waals surface area contributed by atoms with E-state index in [2.05, 4.69) is 25.5 Å². The molecule has 102 valence electrons. The van der Waals surface area contributed by atoms with Gasteiger partial charge in [0.15, 0.2) is 4.34 Å². The number of para-hydroxylation sites is 1. The number of aromatic nitrogens is 4. The molecule has 0 aliphatic heterocycles. The Morgan fingerprint density at radius 3 is 3.00 bits per heavy atom. The third-order valence-corrected chi connectivity index (χ3v) is 4.63. The Morgan fingerprint density at radius 2 is 2.25 bits per heavy atom. The van der Waals surface area contributed by atoms with E-state index in [0.29, 0.717) is 11.8 Å². The molecule has 0 atom stereocenters. The molecule has 20 heavy (non-hydrogen) atoms. The van der Waals surface area contributed by atoms with E-state index in [9.17, 15) is 4.79 Å². The van der Waals surface area contributed by atoms with Crippen LogP contribution in [0, 0.1) is 6.92 Å². The van der Waals surface area contributed by atoms with Gasteiger partial charge in [-0.15, -0.1) is 16.4 Å². The van der Waals surface area contributed by atoms with Crippen molar-refractivity contribution in [2.24, 2.45) is 0 Å². The first-order valence-electron chi connectivity index (χ1n) is 5.88. The van der Waals surface area contributed by atoms with Crippen LogP contribution in [0.1, 0.15) is 5.82 Å². The van der Waals surface area contributed by atoms with Crippen LogP contribution in [-0.4, -0.2) is 31.8 Å². The van der Waals surface area contributed by atoms with Crippen molar-refractivity contribution in [3.05, 3.63) is 30.1 Å². The lowest BCUT2D eigenvalue weighted by Gasteiger charge is -1.98. The van der Waals surface area contributed by atoms with Crippen LogP contribution in [0.2, 0.25) is 0 Å². The average molecular weight is 305 g/mol. The molecule has 2 aromatic heterocycles. The number of aryl methyl sites for hydroxylation is 1. The molecular weight excluding hydrogens is 294 g/mol. The monoisotopic (exact) mass is 305 g/mol. The van der Waals surface area contributed by atoms with E-state index in [4.69, 9.17) is 0 Å². The number of thiazole rings is 1. The highest BCUT2D eigenvalue weighted by molar-refractivity contribution is 8.01. The first-order valence-corrected chi connectivity index (χ1v) is 7.68. The molecular formula is C12H11N5OS2. The molecule has 8 heteroatoms. The van der Waals surface area contributed by atoms with Gasteiger partial charge in [0.2, 0.25) is 11.9 Å². The average Bonchev–Trinajstić information content (AvgIpc) is 3.02. The van der Waals surface area contributed by atoms with E-state index in [1.54, 1.807) is 18.3 Å². The van der Waals surface area contributed by atoms with Crippen LogP contribution in [-0.2, 0) is 4.79 Å². The molecule has 0 saturated heterocycles. The van der Waals surface area contributed by atoms with Crippen molar-refractivity contribution < 1.29 is 4.79 Å². The second kappa shape index (κ2) is 5.59. The summed E-state index contributed by atoms with van der Waals surface area (Å²) in [5.74, 6) is 1.11. The predicted octanol–water partition coefficient (Wildman–Crippen LogP) is 2.45. The van der Waals surface area contributed by atoms with E-state index in [-0.39, 0.29) is 11.7 Å². The predicted molar refractivity (Wildman–Crippen MR) is 80.1 cm³/mol. The summed E-state index contributed by atoms with van der Waals surface area (Å²) in [5, 5.41) is 9.16. The second-order valence-electron chi connectivity index (χ2n) is 4.03. The molecule has 6 nitrogen and oxygen atoms in total. The van der Waals surface area contributed by atoms with Crippen LogP contribution >= 0.6 is 23.1 Å². The first kappa shape index (κ1) is 13.1. The number of anilines is 1. The van der Waals surface area contributed by atoms with Gasteiger partial charge in [-0.3, -0.25) is 15.2 Å². The lowest BCUT2D eigenvalue weighted by molar-refractivity contribution is -0.113. The molecule has 0 fully saturated rings. The fourth-order valence-electron chi connectivity index (χ4n) is 1.60. The van der Waals surface area contributed by atoms with Crippen LogP contribution in [0.15, 0.2) is 28.6 Å². The quantitative estimate of drug-likeness (QED) is 0.723. The largest absolute Gasteiger partial charge is 0.292 e. The van der Waals surface area contributed by atoms with Crippen LogP contribution in [0.25, 0.3) is 10.2 Å². The third-order valence-electron chi connectivity index (χ3n) is 2.45. The number of carbonyl (C=O) groups is 1. The number of carbonyl (C=O) groups excluding carboxylic acids is 1.